The number of carbonyl (C=O) groups excluding carboxylic acids is 1. The summed E-state index contributed by atoms with van der Waals surface area (Å²) < 4.78 is 15.1. The minimum atomic E-state index is -0.573. The molecule has 4 rings (SSSR count). The van der Waals surface area contributed by atoms with Gasteiger partial charge in [0.25, 0.3) is 5.91 Å². The highest BCUT2D eigenvalue weighted by molar-refractivity contribution is 6.35. The lowest BCUT2D eigenvalue weighted by Gasteiger charge is -2.16. The fraction of sp³-hybridized carbons (Fsp3) is 0.217. The molecule has 0 fully saturated rings. The Kier molecular flexibility index (Phi) is 5.67. The molecule has 4 nitrogen and oxygen atoms in total. The van der Waals surface area contributed by atoms with Crippen LogP contribution in [0.4, 0.5) is 4.39 Å². The third-order valence-corrected chi connectivity index (χ3v) is 6.01. The van der Waals surface area contributed by atoms with Crippen LogP contribution < -0.4 is 5.73 Å². The van der Waals surface area contributed by atoms with E-state index in [1.807, 2.05) is 6.92 Å². The van der Waals surface area contributed by atoms with E-state index in [4.69, 9.17) is 28.9 Å². The van der Waals surface area contributed by atoms with Crippen LogP contribution in [-0.2, 0) is 6.42 Å². The molecule has 7 heteroatoms. The van der Waals surface area contributed by atoms with E-state index in [0.29, 0.717) is 22.2 Å². The molecular weight excluding hydrogens is 424 g/mol. The number of allylic oxidation sites excluding steroid dienone is 2. The van der Waals surface area contributed by atoms with E-state index in [-0.39, 0.29) is 11.5 Å². The fourth-order valence-electron chi connectivity index (χ4n) is 3.98. The van der Waals surface area contributed by atoms with E-state index in [9.17, 15) is 9.18 Å². The number of primary amides is 1. The zero-order valence-electron chi connectivity index (χ0n) is 16.4. The summed E-state index contributed by atoms with van der Waals surface area (Å²) in [6.07, 6.45) is 3.35. The molecule has 3 aromatic rings. The van der Waals surface area contributed by atoms with E-state index >= 15 is 0 Å². The van der Waals surface area contributed by atoms with Crippen LogP contribution in [0, 0.1) is 5.82 Å². The topological polar surface area (TPSA) is 60.9 Å². The highest BCUT2D eigenvalue weighted by Gasteiger charge is 2.28. The van der Waals surface area contributed by atoms with Crippen LogP contribution in [0.15, 0.2) is 42.5 Å². The van der Waals surface area contributed by atoms with Gasteiger partial charge in [-0.15, -0.1) is 0 Å². The van der Waals surface area contributed by atoms with Crippen LogP contribution in [0.1, 0.15) is 53.5 Å². The number of carbonyl (C=O) groups is 1. The predicted octanol–water partition coefficient (Wildman–Crippen LogP) is 6.07. The Morgan fingerprint density at radius 2 is 1.80 bits per heavy atom. The summed E-state index contributed by atoms with van der Waals surface area (Å²) in [6, 6.07) is 11.5. The molecule has 2 N–H and O–H groups in total. The van der Waals surface area contributed by atoms with E-state index in [2.05, 4.69) is 5.10 Å². The number of hydrogen-bond donors (Lipinski definition) is 1. The van der Waals surface area contributed by atoms with Crippen LogP contribution in [-0.4, -0.2) is 15.7 Å². The molecule has 0 aliphatic heterocycles. The first-order valence-corrected chi connectivity index (χ1v) is 10.5. The van der Waals surface area contributed by atoms with Gasteiger partial charge in [-0.05, 0) is 79.6 Å². The quantitative estimate of drug-likeness (QED) is 0.498. The van der Waals surface area contributed by atoms with Crippen LogP contribution >= 0.6 is 23.2 Å². The van der Waals surface area contributed by atoms with E-state index in [1.54, 1.807) is 35.0 Å². The summed E-state index contributed by atoms with van der Waals surface area (Å²) in [5.74, 6) is -0.858. The Balaban J connectivity index is 2.02. The summed E-state index contributed by atoms with van der Waals surface area (Å²) in [4.78, 5) is 12.2. The number of halogens is 3. The van der Waals surface area contributed by atoms with Crippen molar-refractivity contribution in [3.8, 4) is 5.69 Å². The number of rotatable bonds is 3. The van der Waals surface area contributed by atoms with Gasteiger partial charge in [0.2, 0.25) is 0 Å². The van der Waals surface area contributed by atoms with Gasteiger partial charge in [-0.1, -0.05) is 35.3 Å². The molecule has 0 saturated heterocycles. The number of aromatic nitrogens is 2. The monoisotopic (exact) mass is 443 g/mol. The molecule has 0 spiro atoms. The lowest BCUT2D eigenvalue weighted by atomic mass is 9.94. The molecule has 0 atom stereocenters. The van der Waals surface area contributed by atoms with Crippen molar-refractivity contribution >= 4 is 40.3 Å². The molecule has 1 aromatic heterocycles. The fourth-order valence-corrected chi connectivity index (χ4v) is 4.47. The molecule has 1 amide bonds. The second-order valence-corrected chi connectivity index (χ2v) is 8.21. The number of hydrogen-bond acceptors (Lipinski definition) is 2. The Labute approximate surface area is 184 Å². The van der Waals surface area contributed by atoms with Crippen molar-refractivity contribution < 1.29 is 9.18 Å². The molecule has 0 bridgehead atoms. The minimum Gasteiger partial charge on any atom is -0.364 e. The molecule has 30 heavy (non-hydrogen) atoms. The Bertz CT molecular complexity index is 1170. The Morgan fingerprint density at radius 1 is 1.10 bits per heavy atom. The number of benzene rings is 2. The largest absolute Gasteiger partial charge is 0.364 e. The van der Waals surface area contributed by atoms with Gasteiger partial charge in [0.05, 0.1) is 16.4 Å². The third-order valence-electron chi connectivity index (χ3n) is 5.47. The first kappa shape index (κ1) is 20.6. The van der Waals surface area contributed by atoms with Gasteiger partial charge in [0, 0.05) is 10.6 Å². The number of amides is 1. The number of fused-ring (bicyclic) bond motifs is 1. The first-order chi connectivity index (χ1) is 14.4. The van der Waals surface area contributed by atoms with E-state index in [1.165, 1.54) is 12.1 Å². The van der Waals surface area contributed by atoms with Crippen molar-refractivity contribution in [2.24, 2.45) is 5.73 Å². The zero-order chi connectivity index (χ0) is 21.4. The van der Waals surface area contributed by atoms with E-state index in [0.717, 1.165) is 47.2 Å². The van der Waals surface area contributed by atoms with Gasteiger partial charge in [0.15, 0.2) is 5.69 Å². The predicted molar refractivity (Wildman–Crippen MR) is 119 cm³/mol. The molecular formula is C23H20Cl2FN3O. The molecule has 1 heterocycles. The highest BCUT2D eigenvalue weighted by atomic mass is 35.5. The van der Waals surface area contributed by atoms with Crippen LogP contribution in [0.5, 0.6) is 0 Å². The normalized spacial score (nSPS) is 15.5. The maximum Gasteiger partial charge on any atom is 0.269 e. The summed E-state index contributed by atoms with van der Waals surface area (Å²) in [7, 11) is 0. The first-order valence-electron chi connectivity index (χ1n) is 9.70. The average molecular weight is 444 g/mol. The van der Waals surface area contributed by atoms with E-state index < -0.39 is 5.91 Å². The van der Waals surface area contributed by atoms with Gasteiger partial charge in [0.1, 0.15) is 5.82 Å². The van der Waals surface area contributed by atoms with Crippen molar-refractivity contribution in [3.05, 3.63) is 80.8 Å². The smallest absolute Gasteiger partial charge is 0.269 e. The Hall–Kier alpha value is -2.63. The molecule has 154 valence electrons. The molecule has 0 radical (unpaired) electrons. The molecule has 0 saturated carbocycles. The number of nitrogens with two attached hydrogens (primary N) is 1. The van der Waals surface area contributed by atoms with Crippen LogP contribution in [0.25, 0.3) is 16.8 Å². The lowest BCUT2D eigenvalue weighted by Crippen LogP contribution is -2.14. The van der Waals surface area contributed by atoms with Crippen molar-refractivity contribution in [1.82, 2.24) is 9.78 Å². The molecule has 1 aliphatic rings. The van der Waals surface area contributed by atoms with Crippen LogP contribution in [0.3, 0.4) is 0 Å². The molecule has 2 aromatic carbocycles. The van der Waals surface area contributed by atoms with Crippen molar-refractivity contribution in [1.29, 1.82) is 0 Å². The molecule has 0 unspecified atom stereocenters. The van der Waals surface area contributed by atoms with Gasteiger partial charge in [-0.3, -0.25) is 4.79 Å². The standard InChI is InChI=1S/C23H20Cl2FN3O/c1-13(14-6-9-16(26)10-7-14)17-4-2-3-5-18-21(23(27)30)28-29(22(17)18)20-11-8-15(24)12-19(20)25/h6-12H,2-5H2,1H3,(H2,27,30)/b17-13+. The Morgan fingerprint density at radius 3 is 2.47 bits per heavy atom. The SMILES string of the molecule is C/C(=C1/CCCCc2c(C(N)=O)nn(-c3ccc(Cl)cc3Cl)c21)c1ccc(F)cc1. The maximum atomic E-state index is 13.4. The summed E-state index contributed by atoms with van der Waals surface area (Å²) in [5, 5.41) is 5.49. The van der Waals surface area contributed by atoms with Gasteiger partial charge in [-0.25, -0.2) is 9.07 Å². The third kappa shape index (κ3) is 3.75. The highest BCUT2D eigenvalue weighted by Crippen LogP contribution is 2.39. The van der Waals surface area contributed by atoms with Crippen molar-refractivity contribution in [2.75, 3.05) is 0 Å². The molecule has 1 aliphatic carbocycles. The summed E-state index contributed by atoms with van der Waals surface area (Å²) in [6.45, 7) is 2.00. The van der Waals surface area contributed by atoms with Crippen LogP contribution in [0.2, 0.25) is 10.0 Å². The summed E-state index contributed by atoms with van der Waals surface area (Å²) >= 11 is 12.6. The minimum absolute atomic E-state index is 0.252. The second kappa shape index (κ2) is 8.25. The zero-order valence-corrected chi connectivity index (χ0v) is 17.9. The van der Waals surface area contributed by atoms with Gasteiger partial charge in [-0.2, -0.15) is 5.10 Å². The average Bonchev–Trinajstić information content (AvgIpc) is 2.94. The van der Waals surface area contributed by atoms with Gasteiger partial charge >= 0.3 is 0 Å². The lowest BCUT2D eigenvalue weighted by molar-refractivity contribution is 0.0994. The second-order valence-electron chi connectivity index (χ2n) is 7.37. The maximum absolute atomic E-state index is 13.4. The van der Waals surface area contributed by atoms with Crippen molar-refractivity contribution in [2.45, 2.75) is 32.6 Å². The summed E-state index contributed by atoms with van der Waals surface area (Å²) in [5.41, 5.74) is 11.1. The van der Waals surface area contributed by atoms with Crippen molar-refractivity contribution in [3.63, 3.8) is 0 Å². The number of nitrogens with zero attached hydrogens (tertiary/aromatic N) is 2. The van der Waals surface area contributed by atoms with Gasteiger partial charge < -0.3 is 5.73 Å².